The zero-order valence-electron chi connectivity index (χ0n) is 14.6. The number of carbonyl (C=O) groups excluding carboxylic acids is 2. The van der Waals surface area contributed by atoms with Gasteiger partial charge in [-0.2, -0.15) is 0 Å². The molecule has 27 heavy (non-hydrogen) atoms. The first-order valence-corrected chi connectivity index (χ1v) is 8.43. The zero-order chi connectivity index (χ0) is 18.8. The van der Waals surface area contributed by atoms with E-state index < -0.39 is 5.97 Å². The monoisotopic (exact) mass is 356 g/mol. The predicted molar refractivity (Wildman–Crippen MR) is 102 cm³/mol. The molecule has 0 N–H and O–H groups in total. The van der Waals surface area contributed by atoms with Crippen molar-refractivity contribution in [3.8, 4) is 11.3 Å². The summed E-state index contributed by atoms with van der Waals surface area (Å²) in [5, 5.41) is 0. The van der Waals surface area contributed by atoms with Crippen molar-refractivity contribution >= 4 is 17.3 Å². The molecule has 0 aliphatic carbocycles. The second kappa shape index (κ2) is 6.88. The van der Waals surface area contributed by atoms with E-state index in [1.807, 2.05) is 42.5 Å². The minimum atomic E-state index is -0.422. The fourth-order valence-electron chi connectivity index (χ4n) is 3.10. The lowest BCUT2D eigenvalue weighted by molar-refractivity contribution is 0.0600. The molecule has 5 heteroatoms. The van der Waals surface area contributed by atoms with Crippen LogP contribution in [0.3, 0.4) is 0 Å². The first kappa shape index (κ1) is 16.7. The van der Waals surface area contributed by atoms with Crippen LogP contribution in [0.4, 0.5) is 0 Å². The molecule has 0 bridgehead atoms. The van der Waals surface area contributed by atoms with E-state index in [1.165, 1.54) is 7.11 Å². The van der Waals surface area contributed by atoms with Crippen LogP contribution in [0.15, 0.2) is 79.1 Å². The molecule has 0 amide bonds. The predicted octanol–water partition coefficient (Wildman–Crippen LogP) is 4.02. The molecular formula is C22H16N2O3. The molecule has 0 unspecified atom stereocenters. The number of esters is 1. The maximum Gasteiger partial charge on any atom is 0.337 e. The summed E-state index contributed by atoms with van der Waals surface area (Å²) in [6.07, 6.45) is 3.40. The number of fused-ring (bicyclic) bond motifs is 1. The molecule has 0 saturated heterocycles. The van der Waals surface area contributed by atoms with Gasteiger partial charge in [0.05, 0.1) is 18.4 Å². The Kier molecular flexibility index (Phi) is 4.26. The molecule has 1 aromatic carbocycles. The lowest BCUT2D eigenvalue weighted by Gasteiger charge is -2.07. The number of rotatable bonds is 4. The number of hydrogen-bond acceptors (Lipinski definition) is 4. The lowest BCUT2D eigenvalue weighted by atomic mass is 10.0. The highest BCUT2D eigenvalue weighted by molar-refractivity contribution is 6.12. The number of carbonyl (C=O) groups is 2. The van der Waals surface area contributed by atoms with Crippen molar-refractivity contribution < 1.29 is 14.3 Å². The van der Waals surface area contributed by atoms with Crippen LogP contribution in [0.5, 0.6) is 0 Å². The molecule has 0 atom stereocenters. The van der Waals surface area contributed by atoms with Crippen molar-refractivity contribution in [2.75, 3.05) is 7.11 Å². The molecule has 3 aromatic heterocycles. The van der Waals surface area contributed by atoms with Gasteiger partial charge in [0.15, 0.2) is 0 Å². The van der Waals surface area contributed by atoms with Crippen LogP contribution in [-0.4, -0.2) is 28.2 Å². The number of ketones is 1. The molecule has 0 spiro atoms. The summed E-state index contributed by atoms with van der Waals surface area (Å²) in [7, 11) is 1.34. The molecule has 3 heterocycles. The summed E-state index contributed by atoms with van der Waals surface area (Å²) < 4.78 is 6.58. The maximum absolute atomic E-state index is 13.3. The van der Waals surface area contributed by atoms with E-state index in [4.69, 9.17) is 4.74 Å². The van der Waals surface area contributed by atoms with Gasteiger partial charge < -0.3 is 9.14 Å². The van der Waals surface area contributed by atoms with Crippen molar-refractivity contribution in [1.82, 2.24) is 9.38 Å². The molecular weight excluding hydrogens is 340 g/mol. The van der Waals surface area contributed by atoms with Crippen LogP contribution < -0.4 is 0 Å². The third kappa shape index (κ3) is 3.00. The summed E-state index contributed by atoms with van der Waals surface area (Å²) in [5.41, 5.74) is 3.65. The fraction of sp³-hybridized carbons (Fsp3) is 0.0455. The van der Waals surface area contributed by atoms with E-state index in [0.29, 0.717) is 28.1 Å². The largest absolute Gasteiger partial charge is 0.465 e. The van der Waals surface area contributed by atoms with E-state index in [1.54, 1.807) is 41.1 Å². The Morgan fingerprint density at radius 1 is 0.926 bits per heavy atom. The molecule has 5 nitrogen and oxygen atoms in total. The number of benzene rings is 1. The second-order valence-electron chi connectivity index (χ2n) is 6.02. The Bertz CT molecular complexity index is 1130. The quantitative estimate of drug-likeness (QED) is 0.409. The van der Waals surface area contributed by atoms with Gasteiger partial charge in [0, 0.05) is 29.0 Å². The fourth-order valence-corrected chi connectivity index (χ4v) is 3.10. The molecule has 0 fully saturated rings. The van der Waals surface area contributed by atoms with Gasteiger partial charge in [0.2, 0.25) is 5.78 Å². The van der Waals surface area contributed by atoms with Gasteiger partial charge in [-0.15, -0.1) is 0 Å². The molecule has 4 rings (SSSR count). The lowest BCUT2D eigenvalue weighted by Crippen LogP contribution is -2.08. The van der Waals surface area contributed by atoms with Gasteiger partial charge in [0.1, 0.15) is 5.69 Å². The van der Waals surface area contributed by atoms with Gasteiger partial charge in [-0.25, -0.2) is 4.79 Å². The summed E-state index contributed by atoms with van der Waals surface area (Å²) >= 11 is 0. The maximum atomic E-state index is 13.3. The molecule has 0 aliphatic heterocycles. The normalized spacial score (nSPS) is 10.7. The highest BCUT2D eigenvalue weighted by Crippen LogP contribution is 2.29. The SMILES string of the molecule is COC(=O)c1ccn2c(C(=O)c3ccccc3)c(-c3ccccn3)cc2c1. The van der Waals surface area contributed by atoms with Crippen molar-refractivity contribution in [1.29, 1.82) is 0 Å². The third-order valence-electron chi connectivity index (χ3n) is 4.39. The van der Waals surface area contributed by atoms with E-state index >= 15 is 0 Å². The second-order valence-corrected chi connectivity index (χ2v) is 6.02. The van der Waals surface area contributed by atoms with Gasteiger partial charge in [-0.1, -0.05) is 36.4 Å². The number of hydrogen-bond donors (Lipinski definition) is 0. The summed E-state index contributed by atoms with van der Waals surface area (Å²) in [6.45, 7) is 0. The summed E-state index contributed by atoms with van der Waals surface area (Å²) in [4.78, 5) is 29.5. The Labute approximate surface area is 155 Å². The average molecular weight is 356 g/mol. The molecule has 132 valence electrons. The Hall–Kier alpha value is -3.73. The van der Waals surface area contributed by atoms with Gasteiger partial charge >= 0.3 is 5.97 Å². The molecule has 4 aromatic rings. The smallest absolute Gasteiger partial charge is 0.337 e. The highest BCUT2D eigenvalue weighted by atomic mass is 16.5. The van der Waals surface area contributed by atoms with E-state index in [-0.39, 0.29) is 5.78 Å². The first-order chi connectivity index (χ1) is 13.2. The minimum absolute atomic E-state index is 0.109. The standard InChI is InChI=1S/C22H16N2O3/c1-27-22(26)16-10-12-24-17(13-16)14-18(19-9-5-6-11-23-19)20(24)21(25)15-7-3-2-4-8-15/h2-14H,1H3. The minimum Gasteiger partial charge on any atom is -0.465 e. The van der Waals surface area contributed by atoms with E-state index in [9.17, 15) is 9.59 Å². The molecule has 0 saturated carbocycles. The number of pyridine rings is 2. The van der Waals surface area contributed by atoms with Crippen molar-refractivity contribution in [3.63, 3.8) is 0 Å². The van der Waals surface area contributed by atoms with Crippen molar-refractivity contribution in [3.05, 3.63) is 95.9 Å². The van der Waals surface area contributed by atoms with Gasteiger partial charge in [-0.05, 0) is 30.3 Å². The Morgan fingerprint density at radius 3 is 2.41 bits per heavy atom. The van der Waals surface area contributed by atoms with Gasteiger partial charge in [0.25, 0.3) is 0 Å². The van der Waals surface area contributed by atoms with Gasteiger partial charge in [-0.3, -0.25) is 9.78 Å². The topological polar surface area (TPSA) is 60.7 Å². The van der Waals surface area contributed by atoms with Crippen LogP contribution in [-0.2, 0) is 4.74 Å². The van der Waals surface area contributed by atoms with E-state index in [2.05, 4.69) is 4.98 Å². The average Bonchev–Trinajstić information content (AvgIpc) is 3.12. The molecule has 0 aliphatic rings. The zero-order valence-corrected chi connectivity index (χ0v) is 14.6. The summed E-state index contributed by atoms with van der Waals surface area (Å²) in [6, 6.07) is 19.9. The number of aromatic nitrogens is 2. The van der Waals surface area contributed by atoms with Crippen LogP contribution >= 0.6 is 0 Å². The molecule has 0 radical (unpaired) electrons. The van der Waals surface area contributed by atoms with Crippen LogP contribution in [0.1, 0.15) is 26.4 Å². The van der Waals surface area contributed by atoms with Crippen molar-refractivity contribution in [2.45, 2.75) is 0 Å². The van der Waals surface area contributed by atoms with E-state index in [0.717, 1.165) is 5.52 Å². The highest BCUT2D eigenvalue weighted by Gasteiger charge is 2.21. The van der Waals surface area contributed by atoms with Crippen LogP contribution in [0.2, 0.25) is 0 Å². The van der Waals surface area contributed by atoms with Crippen LogP contribution in [0.25, 0.3) is 16.8 Å². The third-order valence-corrected chi connectivity index (χ3v) is 4.39. The van der Waals surface area contributed by atoms with Crippen LogP contribution in [0, 0.1) is 0 Å². The number of ether oxygens (including phenoxy) is 1. The first-order valence-electron chi connectivity index (χ1n) is 8.43. The number of nitrogens with zero attached hydrogens (tertiary/aromatic N) is 2. The summed E-state index contributed by atoms with van der Waals surface area (Å²) in [5.74, 6) is -0.531. The number of methoxy groups -OCH3 is 1. The Morgan fingerprint density at radius 2 is 1.70 bits per heavy atom. The van der Waals surface area contributed by atoms with Crippen molar-refractivity contribution in [2.24, 2.45) is 0 Å². The Balaban J connectivity index is 1.96.